The third-order valence-corrected chi connectivity index (χ3v) is 4.41. The standard InChI is InChI=1S/C15H17NO2S/c1-11-4-7-15(19-11)14(17)10-16(12-5-6-12)9-13-3-2-8-18-13/h2-4,7-8,12H,5-6,9-10H2,1H3. The molecule has 1 aliphatic carbocycles. The van der Waals surface area contributed by atoms with Gasteiger partial charge in [0.2, 0.25) is 0 Å². The van der Waals surface area contributed by atoms with Gasteiger partial charge >= 0.3 is 0 Å². The van der Waals surface area contributed by atoms with Gasteiger partial charge in [0.1, 0.15) is 5.76 Å². The summed E-state index contributed by atoms with van der Waals surface area (Å²) < 4.78 is 5.38. The highest BCUT2D eigenvalue weighted by molar-refractivity contribution is 7.14. The van der Waals surface area contributed by atoms with Crippen molar-refractivity contribution >= 4 is 17.1 Å². The zero-order valence-corrected chi connectivity index (χ0v) is 11.8. The van der Waals surface area contributed by atoms with Crippen molar-refractivity contribution in [2.45, 2.75) is 32.4 Å². The van der Waals surface area contributed by atoms with Crippen molar-refractivity contribution in [1.29, 1.82) is 0 Å². The number of hydrogen-bond acceptors (Lipinski definition) is 4. The Morgan fingerprint density at radius 3 is 2.84 bits per heavy atom. The predicted octanol–water partition coefficient (Wildman–Crippen LogP) is 3.50. The van der Waals surface area contributed by atoms with Gasteiger partial charge in [-0.25, -0.2) is 0 Å². The maximum absolute atomic E-state index is 12.3. The molecule has 2 aromatic heterocycles. The van der Waals surface area contributed by atoms with Gasteiger partial charge in [0.15, 0.2) is 5.78 Å². The fourth-order valence-electron chi connectivity index (χ4n) is 2.20. The number of Topliss-reactive ketones (excluding diaryl/α,β-unsaturated/α-hetero) is 1. The van der Waals surface area contributed by atoms with Crippen molar-refractivity contribution in [3.8, 4) is 0 Å². The minimum atomic E-state index is 0.219. The molecule has 0 saturated heterocycles. The Bertz CT molecular complexity index is 554. The molecule has 0 aromatic carbocycles. The minimum absolute atomic E-state index is 0.219. The second kappa shape index (κ2) is 5.31. The highest BCUT2D eigenvalue weighted by Crippen LogP contribution is 2.29. The molecular formula is C15H17NO2S. The average molecular weight is 275 g/mol. The largest absolute Gasteiger partial charge is 0.468 e. The van der Waals surface area contributed by atoms with E-state index >= 15 is 0 Å². The lowest BCUT2D eigenvalue weighted by molar-refractivity contribution is 0.0917. The number of carbonyl (C=O) groups is 1. The summed E-state index contributed by atoms with van der Waals surface area (Å²) in [5.74, 6) is 1.15. The van der Waals surface area contributed by atoms with Gasteiger partial charge in [-0.3, -0.25) is 9.69 Å². The summed E-state index contributed by atoms with van der Waals surface area (Å²) >= 11 is 1.58. The summed E-state index contributed by atoms with van der Waals surface area (Å²) in [5, 5.41) is 0. The molecule has 0 atom stereocenters. The second-order valence-corrected chi connectivity index (χ2v) is 6.34. The van der Waals surface area contributed by atoms with Crippen molar-refractivity contribution in [2.75, 3.05) is 6.54 Å². The third kappa shape index (κ3) is 3.14. The Labute approximate surface area is 116 Å². The molecule has 0 aliphatic heterocycles. The molecule has 1 aliphatic rings. The number of hydrogen-bond donors (Lipinski definition) is 0. The van der Waals surface area contributed by atoms with Gasteiger partial charge in [0.05, 0.1) is 24.2 Å². The fraction of sp³-hybridized carbons (Fsp3) is 0.400. The van der Waals surface area contributed by atoms with E-state index in [9.17, 15) is 4.79 Å². The van der Waals surface area contributed by atoms with E-state index in [1.807, 2.05) is 31.2 Å². The Morgan fingerprint density at radius 1 is 1.42 bits per heavy atom. The van der Waals surface area contributed by atoms with Crippen molar-refractivity contribution in [1.82, 2.24) is 4.90 Å². The fourth-order valence-corrected chi connectivity index (χ4v) is 3.00. The first-order valence-corrected chi connectivity index (χ1v) is 7.40. The van der Waals surface area contributed by atoms with Crippen molar-refractivity contribution in [2.24, 2.45) is 0 Å². The first kappa shape index (κ1) is 12.6. The van der Waals surface area contributed by atoms with Crippen molar-refractivity contribution in [3.63, 3.8) is 0 Å². The molecule has 1 fully saturated rings. The third-order valence-electron chi connectivity index (χ3n) is 3.36. The summed E-state index contributed by atoms with van der Waals surface area (Å²) in [6.45, 7) is 3.25. The number of nitrogens with zero attached hydrogens (tertiary/aromatic N) is 1. The van der Waals surface area contributed by atoms with E-state index in [1.54, 1.807) is 17.6 Å². The van der Waals surface area contributed by atoms with Gasteiger partial charge in [0, 0.05) is 10.9 Å². The molecule has 0 N–H and O–H groups in total. The predicted molar refractivity (Wildman–Crippen MR) is 75.5 cm³/mol. The number of ketones is 1. The molecule has 3 rings (SSSR count). The Kier molecular flexibility index (Phi) is 3.53. The molecule has 0 spiro atoms. The normalized spacial score (nSPS) is 15.1. The number of rotatable bonds is 6. The van der Waals surface area contributed by atoms with Gasteiger partial charge < -0.3 is 4.42 Å². The lowest BCUT2D eigenvalue weighted by atomic mass is 10.2. The van der Waals surface area contributed by atoms with E-state index in [4.69, 9.17) is 4.42 Å². The van der Waals surface area contributed by atoms with Crippen molar-refractivity contribution < 1.29 is 9.21 Å². The molecule has 100 valence electrons. The topological polar surface area (TPSA) is 33.5 Å². The lowest BCUT2D eigenvalue weighted by Gasteiger charge is -2.19. The van der Waals surface area contributed by atoms with Gasteiger partial charge in [-0.1, -0.05) is 0 Å². The maximum Gasteiger partial charge on any atom is 0.186 e. The smallest absolute Gasteiger partial charge is 0.186 e. The van der Waals surface area contributed by atoms with Crippen LogP contribution in [0.1, 0.15) is 33.2 Å². The van der Waals surface area contributed by atoms with E-state index in [0.717, 1.165) is 17.2 Å². The van der Waals surface area contributed by atoms with Crippen LogP contribution in [-0.2, 0) is 6.54 Å². The molecule has 0 amide bonds. The highest BCUT2D eigenvalue weighted by atomic mass is 32.1. The van der Waals surface area contributed by atoms with Crippen LogP contribution < -0.4 is 0 Å². The Hall–Kier alpha value is -1.39. The monoisotopic (exact) mass is 275 g/mol. The Balaban J connectivity index is 1.66. The summed E-state index contributed by atoms with van der Waals surface area (Å²) in [4.78, 5) is 16.6. The van der Waals surface area contributed by atoms with Gasteiger partial charge in [-0.15, -0.1) is 11.3 Å². The molecule has 19 heavy (non-hydrogen) atoms. The molecule has 3 nitrogen and oxygen atoms in total. The number of aryl methyl sites for hydroxylation is 1. The van der Waals surface area contributed by atoms with Gasteiger partial charge in [-0.2, -0.15) is 0 Å². The van der Waals surface area contributed by atoms with Crippen LogP contribution in [0.4, 0.5) is 0 Å². The first-order chi connectivity index (χ1) is 9.22. The molecule has 0 radical (unpaired) electrons. The van der Waals surface area contributed by atoms with Crippen LogP contribution in [-0.4, -0.2) is 23.3 Å². The summed E-state index contributed by atoms with van der Waals surface area (Å²) in [7, 11) is 0. The highest BCUT2D eigenvalue weighted by Gasteiger charge is 2.31. The SMILES string of the molecule is Cc1ccc(C(=O)CN(Cc2ccco2)C2CC2)s1. The molecular weight excluding hydrogens is 258 g/mol. The molecule has 4 heteroatoms. The number of furan rings is 1. The molecule has 0 bridgehead atoms. The van der Waals surface area contributed by atoms with E-state index < -0.39 is 0 Å². The van der Waals surface area contributed by atoms with Crippen LogP contribution in [0.2, 0.25) is 0 Å². The lowest BCUT2D eigenvalue weighted by Crippen LogP contribution is -2.31. The van der Waals surface area contributed by atoms with Gasteiger partial charge in [0.25, 0.3) is 0 Å². The summed E-state index contributed by atoms with van der Waals surface area (Å²) in [6, 6.07) is 8.35. The zero-order chi connectivity index (χ0) is 13.2. The van der Waals surface area contributed by atoms with Gasteiger partial charge in [-0.05, 0) is 44.0 Å². The average Bonchev–Trinajstić information content (AvgIpc) is 2.94. The van der Waals surface area contributed by atoms with Crippen LogP contribution in [0.3, 0.4) is 0 Å². The zero-order valence-electron chi connectivity index (χ0n) is 11.0. The van der Waals surface area contributed by atoms with Crippen LogP contribution in [0.15, 0.2) is 34.9 Å². The summed E-state index contributed by atoms with van der Waals surface area (Å²) in [6.07, 6.45) is 4.07. The molecule has 1 saturated carbocycles. The van der Waals surface area contributed by atoms with Crippen LogP contribution in [0.25, 0.3) is 0 Å². The van der Waals surface area contributed by atoms with Crippen molar-refractivity contribution in [3.05, 3.63) is 46.0 Å². The summed E-state index contributed by atoms with van der Waals surface area (Å²) in [5.41, 5.74) is 0. The number of carbonyl (C=O) groups excluding carboxylic acids is 1. The van der Waals surface area contributed by atoms with Crippen LogP contribution in [0, 0.1) is 6.92 Å². The first-order valence-electron chi connectivity index (χ1n) is 6.58. The quantitative estimate of drug-likeness (QED) is 0.757. The van der Waals surface area contributed by atoms with E-state index in [2.05, 4.69) is 4.90 Å². The number of thiophene rings is 1. The molecule has 2 aromatic rings. The van der Waals surface area contributed by atoms with E-state index in [0.29, 0.717) is 12.6 Å². The Morgan fingerprint density at radius 2 is 2.26 bits per heavy atom. The molecule has 0 unspecified atom stereocenters. The van der Waals surface area contributed by atoms with Crippen LogP contribution in [0.5, 0.6) is 0 Å². The second-order valence-electron chi connectivity index (χ2n) is 5.05. The molecule has 2 heterocycles. The minimum Gasteiger partial charge on any atom is -0.468 e. The maximum atomic E-state index is 12.3. The van der Waals surface area contributed by atoms with E-state index in [-0.39, 0.29) is 5.78 Å². The van der Waals surface area contributed by atoms with E-state index in [1.165, 1.54) is 17.7 Å². The van der Waals surface area contributed by atoms with Crippen LogP contribution >= 0.6 is 11.3 Å².